The fourth-order valence-corrected chi connectivity index (χ4v) is 3.59. The van der Waals surface area contributed by atoms with Gasteiger partial charge >= 0.3 is 6.03 Å². The van der Waals surface area contributed by atoms with Crippen molar-refractivity contribution in [3.05, 3.63) is 58.6 Å². The first kappa shape index (κ1) is 20.2. The Morgan fingerprint density at radius 2 is 1.75 bits per heavy atom. The number of hydrogen-bond acceptors (Lipinski definition) is 4. The first-order chi connectivity index (χ1) is 13.4. The summed E-state index contributed by atoms with van der Waals surface area (Å²) in [5.41, 5.74) is 3.79. The Morgan fingerprint density at radius 3 is 2.43 bits per heavy atom. The molecule has 7 heteroatoms. The lowest BCUT2D eigenvalue weighted by Crippen LogP contribution is -2.50. The first-order valence-electron chi connectivity index (χ1n) is 9.32. The quantitative estimate of drug-likeness (QED) is 0.825. The summed E-state index contributed by atoms with van der Waals surface area (Å²) in [4.78, 5) is 28.5. The van der Waals surface area contributed by atoms with E-state index in [9.17, 15) is 9.59 Å². The molecule has 3 rings (SSSR count). The highest BCUT2D eigenvalue weighted by Crippen LogP contribution is 2.25. The summed E-state index contributed by atoms with van der Waals surface area (Å²) in [5.74, 6) is -0.312. The third kappa shape index (κ3) is 5.24. The van der Waals surface area contributed by atoms with Gasteiger partial charge in [-0.05, 0) is 37.6 Å². The standard InChI is InChI=1S/C21H25ClN4O2/c1-15-7-8-18(16(2)13-15)23-21(28)24-20(27)14-25-9-11-26(12-10-25)19-6-4-3-5-17(19)22/h3-8,13H,9-12,14H2,1-2H3,(H2,23,24,27,28). The lowest BCUT2D eigenvalue weighted by molar-refractivity contribution is -0.121. The molecular formula is C21H25ClN4O2. The maximum atomic E-state index is 12.2. The molecule has 0 aliphatic carbocycles. The van der Waals surface area contributed by atoms with Gasteiger partial charge in [0.25, 0.3) is 0 Å². The third-order valence-corrected chi connectivity index (χ3v) is 5.14. The Bertz CT molecular complexity index is 863. The van der Waals surface area contributed by atoms with Gasteiger partial charge in [-0.2, -0.15) is 0 Å². The number of rotatable bonds is 4. The maximum Gasteiger partial charge on any atom is 0.325 e. The number of carbonyl (C=O) groups is 2. The molecule has 0 unspecified atom stereocenters. The van der Waals surface area contributed by atoms with Crippen molar-refractivity contribution in [3.8, 4) is 0 Å². The van der Waals surface area contributed by atoms with Gasteiger partial charge in [-0.1, -0.05) is 41.4 Å². The van der Waals surface area contributed by atoms with Crippen molar-refractivity contribution in [1.29, 1.82) is 0 Å². The molecule has 1 heterocycles. The Labute approximate surface area is 170 Å². The summed E-state index contributed by atoms with van der Waals surface area (Å²) in [5, 5.41) is 5.87. The van der Waals surface area contributed by atoms with E-state index < -0.39 is 6.03 Å². The average Bonchev–Trinajstić information content (AvgIpc) is 2.65. The van der Waals surface area contributed by atoms with E-state index in [4.69, 9.17) is 11.6 Å². The highest BCUT2D eigenvalue weighted by Gasteiger charge is 2.21. The van der Waals surface area contributed by atoms with Crippen molar-refractivity contribution < 1.29 is 9.59 Å². The SMILES string of the molecule is Cc1ccc(NC(=O)NC(=O)CN2CCN(c3ccccc3Cl)CC2)c(C)c1. The van der Waals surface area contributed by atoms with Crippen molar-refractivity contribution in [2.75, 3.05) is 42.9 Å². The maximum absolute atomic E-state index is 12.2. The summed E-state index contributed by atoms with van der Waals surface area (Å²) < 4.78 is 0. The summed E-state index contributed by atoms with van der Waals surface area (Å²) in [6, 6.07) is 13.0. The van der Waals surface area contributed by atoms with Crippen LogP contribution in [-0.2, 0) is 4.79 Å². The minimum Gasteiger partial charge on any atom is -0.368 e. The number of benzene rings is 2. The van der Waals surface area contributed by atoms with E-state index >= 15 is 0 Å². The van der Waals surface area contributed by atoms with E-state index in [0.29, 0.717) is 5.69 Å². The average molecular weight is 401 g/mol. The second-order valence-corrected chi connectivity index (χ2v) is 7.44. The number of carbonyl (C=O) groups excluding carboxylic acids is 2. The number of halogens is 1. The van der Waals surface area contributed by atoms with Gasteiger partial charge in [0.15, 0.2) is 0 Å². The molecule has 0 atom stereocenters. The number of anilines is 2. The smallest absolute Gasteiger partial charge is 0.325 e. The number of piperazine rings is 1. The fourth-order valence-electron chi connectivity index (χ4n) is 3.33. The Balaban J connectivity index is 1.45. The van der Waals surface area contributed by atoms with E-state index in [1.54, 1.807) is 0 Å². The molecule has 1 aliphatic heterocycles. The van der Waals surface area contributed by atoms with Crippen molar-refractivity contribution in [3.63, 3.8) is 0 Å². The van der Waals surface area contributed by atoms with Crippen molar-refractivity contribution in [1.82, 2.24) is 10.2 Å². The molecule has 0 radical (unpaired) electrons. The second-order valence-electron chi connectivity index (χ2n) is 7.04. The number of para-hydroxylation sites is 1. The first-order valence-corrected chi connectivity index (χ1v) is 9.70. The largest absolute Gasteiger partial charge is 0.368 e. The summed E-state index contributed by atoms with van der Waals surface area (Å²) in [6.07, 6.45) is 0. The highest BCUT2D eigenvalue weighted by atomic mass is 35.5. The van der Waals surface area contributed by atoms with Crippen LogP contribution in [0.5, 0.6) is 0 Å². The molecule has 1 aliphatic rings. The Kier molecular flexibility index (Phi) is 6.54. The van der Waals surface area contributed by atoms with Crippen molar-refractivity contribution in [2.45, 2.75) is 13.8 Å². The van der Waals surface area contributed by atoms with Gasteiger partial charge in [-0.25, -0.2) is 4.79 Å². The van der Waals surface area contributed by atoms with Crippen LogP contribution in [0.15, 0.2) is 42.5 Å². The van der Waals surface area contributed by atoms with Gasteiger partial charge in [-0.3, -0.25) is 15.0 Å². The van der Waals surface area contributed by atoms with Crippen LogP contribution >= 0.6 is 11.6 Å². The normalized spacial score (nSPS) is 14.6. The number of aryl methyl sites for hydroxylation is 2. The van der Waals surface area contributed by atoms with Crippen LogP contribution in [0.2, 0.25) is 5.02 Å². The lowest BCUT2D eigenvalue weighted by Gasteiger charge is -2.36. The Hall–Kier alpha value is -2.57. The van der Waals surface area contributed by atoms with Gasteiger partial charge in [0.1, 0.15) is 0 Å². The van der Waals surface area contributed by atoms with Crippen molar-refractivity contribution >= 4 is 34.9 Å². The van der Waals surface area contributed by atoms with Crippen LogP contribution in [-0.4, -0.2) is 49.6 Å². The zero-order valence-corrected chi connectivity index (χ0v) is 16.9. The minimum absolute atomic E-state index is 0.191. The van der Waals surface area contributed by atoms with Gasteiger partial charge in [0.05, 0.1) is 17.3 Å². The fraction of sp³-hybridized carbons (Fsp3) is 0.333. The Morgan fingerprint density at radius 1 is 1.04 bits per heavy atom. The molecule has 3 amide bonds. The molecule has 6 nitrogen and oxygen atoms in total. The van der Waals surface area contributed by atoms with E-state index in [0.717, 1.165) is 48.0 Å². The zero-order chi connectivity index (χ0) is 20.1. The van der Waals surface area contributed by atoms with Crippen LogP contribution < -0.4 is 15.5 Å². The zero-order valence-electron chi connectivity index (χ0n) is 16.2. The van der Waals surface area contributed by atoms with Gasteiger partial charge in [-0.15, -0.1) is 0 Å². The molecule has 0 spiro atoms. The molecule has 2 aromatic rings. The van der Waals surface area contributed by atoms with Crippen LogP contribution in [0.25, 0.3) is 0 Å². The molecule has 0 bridgehead atoms. The molecule has 2 aromatic carbocycles. The minimum atomic E-state index is -0.508. The molecule has 1 fully saturated rings. The molecule has 0 saturated carbocycles. The second kappa shape index (κ2) is 9.08. The number of imide groups is 1. The monoisotopic (exact) mass is 400 g/mol. The van der Waals surface area contributed by atoms with E-state index in [1.807, 2.05) is 61.2 Å². The molecule has 28 heavy (non-hydrogen) atoms. The molecule has 2 N–H and O–H groups in total. The van der Waals surface area contributed by atoms with Crippen LogP contribution in [0, 0.1) is 13.8 Å². The predicted molar refractivity (Wildman–Crippen MR) is 113 cm³/mol. The van der Waals surface area contributed by atoms with Crippen LogP contribution in [0.4, 0.5) is 16.2 Å². The van der Waals surface area contributed by atoms with Gasteiger partial charge < -0.3 is 10.2 Å². The summed E-state index contributed by atoms with van der Waals surface area (Å²) >= 11 is 6.26. The number of amides is 3. The third-order valence-electron chi connectivity index (χ3n) is 4.82. The van der Waals surface area contributed by atoms with Gasteiger partial charge in [0.2, 0.25) is 5.91 Å². The number of hydrogen-bond donors (Lipinski definition) is 2. The lowest BCUT2D eigenvalue weighted by atomic mass is 10.1. The summed E-state index contributed by atoms with van der Waals surface area (Å²) in [6.45, 7) is 7.14. The molecule has 148 valence electrons. The van der Waals surface area contributed by atoms with Crippen molar-refractivity contribution in [2.24, 2.45) is 0 Å². The predicted octanol–water partition coefficient (Wildman–Crippen LogP) is 3.43. The molecule has 0 aromatic heterocycles. The molecule has 1 saturated heterocycles. The highest BCUT2D eigenvalue weighted by molar-refractivity contribution is 6.33. The topological polar surface area (TPSA) is 64.7 Å². The van der Waals surface area contributed by atoms with E-state index in [-0.39, 0.29) is 12.5 Å². The van der Waals surface area contributed by atoms with E-state index in [1.165, 1.54) is 0 Å². The van der Waals surface area contributed by atoms with Crippen LogP contribution in [0.3, 0.4) is 0 Å². The number of nitrogens with one attached hydrogen (secondary N) is 2. The summed E-state index contributed by atoms with van der Waals surface area (Å²) in [7, 11) is 0. The molecular weight excluding hydrogens is 376 g/mol. The van der Waals surface area contributed by atoms with Gasteiger partial charge in [0, 0.05) is 31.9 Å². The number of urea groups is 1. The number of nitrogens with zero attached hydrogens (tertiary/aromatic N) is 2. The van der Waals surface area contributed by atoms with E-state index in [2.05, 4.69) is 15.5 Å². The van der Waals surface area contributed by atoms with Crippen LogP contribution in [0.1, 0.15) is 11.1 Å².